The van der Waals surface area contributed by atoms with Crippen molar-refractivity contribution in [2.75, 3.05) is 13.1 Å². The molecule has 1 fully saturated rings. The first kappa shape index (κ1) is 16.2. The molecule has 1 aliphatic heterocycles. The van der Waals surface area contributed by atoms with E-state index >= 15 is 0 Å². The van der Waals surface area contributed by atoms with Crippen molar-refractivity contribution in [3.8, 4) is 0 Å². The van der Waals surface area contributed by atoms with Gasteiger partial charge in [-0.15, -0.1) is 0 Å². The van der Waals surface area contributed by atoms with Crippen molar-refractivity contribution in [3.05, 3.63) is 57.3 Å². The monoisotopic (exact) mass is 329 g/mol. The number of piperidine rings is 1. The number of hydrogen-bond acceptors (Lipinski definition) is 3. The van der Waals surface area contributed by atoms with Crippen LogP contribution in [0.3, 0.4) is 0 Å². The van der Waals surface area contributed by atoms with E-state index in [0.29, 0.717) is 6.54 Å². The van der Waals surface area contributed by atoms with Gasteiger partial charge < -0.3 is 5.11 Å². The summed E-state index contributed by atoms with van der Waals surface area (Å²) in [7, 11) is 0. The van der Waals surface area contributed by atoms with E-state index in [1.54, 1.807) is 11.3 Å². The summed E-state index contributed by atoms with van der Waals surface area (Å²) in [4.78, 5) is 13.8. The summed E-state index contributed by atoms with van der Waals surface area (Å²) >= 11 is 1.70. The van der Waals surface area contributed by atoms with Gasteiger partial charge >= 0.3 is 5.97 Å². The van der Waals surface area contributed by atoms with E-state index in [1.165, 1.54) is 22.3 Å². The Morgan fingerprint density at radius 1 is 1.26 bits per heavy atom. The molecule has 1 aromatic heterocycles. The van der Waals surface area contributed by atoms with Crippen LogP contribution >= 0.6 is 11.3 Å². The Morgan fingerprint density at radius 2 is 2.00 bits per heavy atom. The summed E-state index contributed by atoms with van der Waals surface area (Å²) in [6.45, 7) is 5.83. The van der Waals surface area contributed by atoms with Crippen LogP contribution in [-0.2, 0) is 4.79 Å². The molecule has 3 nitrogen and oxygen atoms in total. The number of carboxylic acids is 1. The normalized spacial score (nSPS) is 20.3. The van der Waals surface area contributed by atoms with E-state index in [-0.39, 0.29) is 12.0 Å². The summed E-state index contributed by atoms with van der Waals surface area (Å²) in [5, 5.41) is 13.7. The first-order valence-electron chi connectivity index (χ1n) is 8.12. The predicted molar refractivity (Wildman–Crippen MR) is 94.0 cm³/mol. The number of aryl methyl sites for hydroxylation is 2. The van der Waals surface area contributed by atoms with Crippen molar-refractivity contribution < 1.29 is 9.90 Å². The maximum absolute atomic E-state index is 11.4. The third kappa shape index (κ3) is 3.65. The van der Waals surface area contributed by atoms with Crippen molar-refractivity contribution in [2.45, 2.75) is 32.7 Å². The highest BCUT2D eigenvalue weighted by molar-refractivity contribution is 7.08. The first-order chi connectivity index (χ1) is 11.0. The smallest absolute Gasteiger partial charge is 0.307 e. The maximum Gasteiger partial charge on any atom is 0.307 e. The highest BCUT2D eigenvalue weighted by Gasteiger charge is 2.31. The van der Waals surface area contributed by atoms with Gasteiger partial charge in [-0.3, -0.25) is 9.69 Å². The van der Waals surface area contributed by atoms with Gasteiger partial charge in [0.25, 0.3) is 0 Å². The maximum atomic E-state index is 11.4. The molecular weight excluding hydrogens is 306 g/mol. The Balaban J connectivity index is 1.97. The summed E-state index contributed by atoms with van der Waals surface area (Å²) < 4.78 is 0. The molecule has 3 rings (SSSR count). The number of nitrogens with zero attached hydrogens (tertiary/aromatic N) is 1. The van der Waals surface area contributed by atoms with E-state index in [1.807, 2.05) is 0 Å². The number of rotatable bonds is 4. The van der Waals surface area contributed by atoms with Crippen molar-refractivity contribution in [1.82, 2.24) is 4.90 Å². The zero-order valence-electron chi connectivity index (χ0n) is 13.7. The molecule has 122 valence electrons. The molecule has 23 heavy (non-hydrogen) atoms. The second-order valence-electron chi connectivity index (χ2n) is 6.55. The van der Waals surface area contributed by atoms with E-state index in [9.17, 15) is 9.90 Å². The number of carboxylic acid groups (broad SMARTS) is 1. The van der Waals surface area contributed by atoms with Gasteiger partial charge in [-0.05, 0) is 61.2 Å². The average molecular weight is 329 g/mol. The van der Waals surface area contributed by atoms with E-state index in [0.717, 1.165) is 19.4 Å². The fourth-order valence-corrected chi connectivity index (χ4v) is 4.33. The fourth-order valence-electron chi connectivity index (χ4n) is 3.65. The van der Waals surface area contributed by atoms with Gasteiger partial charge in [0.2, 0.25) is 0 Å². The zero-order chi connectivity index (χ0) is 16.4. The Hall–Kier alpha value is -1.65. The molecule has 2 atom stereocenters. The van der Waals surface area contributed by atoms with Crippen LogP contribution < -0.4 is 0 Å². The van der Waals surface area contributed by atoms with Crippen LogP contribution in [-0.4, -0.2) is 29.1 Å². The lowest BCUT2D eigenvalue weighted by molar-refractivity contribution is -0.143. The first-order valence-corrected chi connectivity index (χ1v) is 9.06. The molecule has 1 aromatic carbocycles. The van der Waals surface area contributed by atoms with Crippen LogP contribution in [0.2, 0.25) is 0 Å². The molecule has 0 aliphatic carbocycles. The minimum atomic E-state index is -0.667. The predicted octanol–water partition coefficient (Wildman–Crippen LogP) is 4.25. The molecule has 2 heterocycles. The molecule has 0 radical (unpaired) electrons. The summed E-state index contributed by atoms with van der Waals surface area (Å²) in [5.41, 5.74) is 5.05. The van der Waals surface area contributed by atoms with Crippen LogP contribution in [0.5, 0.6) is 0 Å². The summed E-state index contributed by atoms with van der Waals surface area (Å²) in [5.74, 6) is -0.921. The molecule has 1 N–H and O–H groups in total. The lowest BCUT2D eigenvalue weighted by atomic mass is 9.91. The second-order valence-corrected chi connectivity index (χ2v) is 7.33. The number of benzene rings is 1. The minimum absolute atomic E-state index is 0.155. The minimum Gasteiger partial charge on any atom is -0.481 e. The second kappa shape index (κ2) is 6.85. The number of likely N-dealkylation sites (tertiary alicyclic amines) is 1. The molecular formula is C19H23NO2S. The Labute approximate surface area is 141 Å². The SMILES string of the molecule is Cc1cc(C)cc(C(c2ccsc2)N2CCCC(C(=O)O)C2)c1. The van der Waals surface area contributed by atoms with Crippen LogP contribution in [0.1, 0.15) is 41.1 Å². The van der Waals surface area contributed by atoms with Gasteiger partial charge in [-0.1, -0.05) is 29.3 Å². The van der Waals surface area contributed by atoms with Crippen molar-refractivity contribution in [2.24, 2.45) is 5.92 Å². The Bertz CT molecular complexity index is 660. The number of hydrogen-bond donors (Lipinski definition) is 1. The van der Waals surface area contributed by atoms with Crippen molar-refractivity contribution in [3.63, 3.8) is 0 Å². The molecule has 0 spiro atoms. The van der Waals surface area contributed by atoms with E-state index in [4.69, 9.17) is 0 Å². The van der Waals surface area contributed by atoms with E-state index in [2.05, 4.69) is 53.8 Å². The largest absolute Gasteiger partial charge is 0.481 e. The quantitative estimate of drug-likeness (QED) is 0.911. The van der Waals surface area contributed by atoms with Gasteiger partial charge in [-0.2, -0.15) is 11.3 Å². The van der Waals surface area contributed by atoms with Gasteiger partial charge in [0.15, 0.2) is 0 Å². The Morgan fingerprint density at radius 3 is 2.61 bits per heavy atom. The molecule has 0 bridgehead atoms. The van der Waals surface area contributed by atoms with Crippen LogP contribution in [0, 0.1) is 19.8 Å². The third-order valence-electron chi connectivity index (χ3n) is 4.59. The Kier molecular flexibility index (Phi) is 4.83. The molecule has 2 aromatic rings. The van der Waals surface area contributed by atoms with Gasteiger partial charge in [0, 0.05) is 6.54 Å². The topological polar surface area (TPSA) is 40.5 Å². The summed E-state index contributed by atoms with van der Waals surface area (Å²) in [6, 6.07) is 8.98. The van der Waals surface area contributed by atoms with Crippen LogP contribution in [0.25, 0.3) is 0 Å². The van der Waals surface area contributed by atoms with Crippen molar-refractivity contribution in [1.29, 1.82) is 0 Å². The zero-order valence-corrected chi connectivity index (χ0v) is 14.5. The molecule has 1 saturated heterocycles. The lowest BCUT2D eigenvalue weighted by Crippen LogP contribution is -2.41. The highest BCUT2D eigenvalue weighted by Crippen LogP contribution is 2.34. The molecule has 2 unspecified atom stereocenters. The van der Waals surface area contributed by atoms with Gasteiger partial charge in [-0.25, -0.2) is 0 Å². The third-order valence-corrected chi connectivity index (χ3v) is 5.29. The average Bonchev–Trinajstić information content (AvgIpc) is 3.01. The van der Waals surface area contributed by atoms with Crippen LogP contribution in [0.15, 0.2) is 35.0 Å². The van der Waals surface area contributed by atoms with Crippen LogP contribution in [0.4, 0.5) is 0 Å². The number of aliphatic carboxylic acids is 1. The number of carbonyl (C=O) groups is 1. The molecule has 1 aliphatic rings. The molecule has 0 amide bonds. The molecule has 0 saturated carbocycles. The van der Waals surface area contributed by atoms with E-state index < -0.39 is 5.97 Å². The number of thiophene rings is 1. The van der Waals surface area contributed by atoms with Gasteiger partial charge in [0.1, 0.15) is 0 Å². The fraction of sp³-hybridized carbons (Fsp3) is 0.421. The lowest BCUT2D eigenvalue weighted by Gasteiger charge is -2.37. The standard InChI is InChI=1S/C19H23NO2S/c1-13-8-14(2)10-17(9-13)18(16-5-7-23-12-16)20-6-3-4-15(11-20)19(21)22/h5,7-10,12,15,18H,3-4,6,11H2,1-2H3,(H,21,22). The highest BCUT2D eigenvalue weighted by atomic mass is 32.1. The summed E-state index contributed by atoms with van der Waals surface area (Å²) in [6.07, 6.45) is 1.73. The molecule has 4 heteroatoms. The van der Waals surface area contributed by atoms with Crippen molar-refractivity contribution >= 4 is 17.3 Å². The van der Waals surface area contributed by atoms with Gasteiger partial charge in [0.05, 0.1) is 12.0 Å².